The average molecular weight is 240 g/mol. The average Bonchev–Trinajstić information content (AvgIpc) is 2.65. The van der Waals surface area contributed by atoms with Crippen LogP contribution in [0.5, 0.6) is 0 Å². The van der Waals surface area contributed by atoms with Crippen LogP contribution in [0.3, 0.4) is 0 Å². The van der Waals surface area contributed by atoms with Gasteiger partial charge >= 0.3 is 0 Å². The fraction of sp³-hybridized carbons (Fsp3) is 0.583. The molecule has 0 amide bonds. The zero-order valence-electron chi connectivity index (χ0n) is 9.85. The predicted octanol–water partition coefficient (Wildman–Crippen LogP) is 1.86. The molecule has 0 unspecified atom stereocenters. The summed E-state index contributed by atoms with van der Waals surface area (Å²) in [6.07, 6.45) is 3.98. The van der Waals surface area contributed by atoms with E-state index in [9.17, 15) is 0 Å². The van der Waals surface area contributed by atoms with E-state index in [4.69, 9.17) is 5.11 Å². The van der Waals surface area contributed by atoms with Crippen LogP contribution in [0.4, 0.5) is 0 Å². The van der Waals surface area contributed by atoms with E-state index in [2.05, 4.69) is 21.8 Å². The van der Waals surface area contributed by atoms with Gasteiger partial charge in [-0.15, -0.1) is 17.9 Å². The van der Waals surface area contributed by atoms with Gasteiger partial charge in [-0.25, -0.2) is 4.98 Å². The summed E-state index contributed by atoms with van der Waals surface area (Å²) in [5.41, 5.74) is 1.19. The highest BCUT2D eigenvalue weighted by Crippen LogP contribution is 2.09. The first kappa shape index (κ1) is 13.4. The molecule has 90 valence electrons. The zero-order chi connectivity index (χ0) is 11.8. The molecular formula is C12H20N2OS. The number of thiazole rings is 1. The Balaban J connectivity index is 2.24. The molecule has 16 heavy (non-hydrogen) atoms. The Morgan fingerprint density at radius 2 is 2.38 bits per heavy atom. The second-order valence-corrected chi connectivity index (χ2v) is 4.84. The molecule has 1 rings (SSSR count). The monoisotopic (exact) mass is 240 g/mol. The van der Waals surface area contributed by atoms with Crippen LogP contribution >= 0.6 is 11.3 Å². The summed E-state index contributed by atoms with van der Waals surface area (Å²) in [6, 6.07) is 0. The van der Waals surface area contributed by atoms with Crippen molar-refractivity contribution in [3.05, 3.63) is 28.7 Å². The molecule has 0 atom stereocenters. The van der Waals surface area contributed by atoms with Crippen LogP contribution in [0.15, 0.2) is 18.0 Å². The van der Waals surface area contributed by atoms with Crippen LogP contribution in [0.1, 0.15) is 17.1 Å². The Morgan fingerprint density at radius 3 is 2.94 bits per heavy atom. The van der Waals surface area contributed by atoms with Crippen LogP contribution < -0.4 is 0 Å². The molecule has 4 heteroatoms. The van der Waals surface area contributed by atoms with Crippen molar-refractivity contribution in [2.45, 2.75) is 19.8 Å². The summed E-state index contributed by atoms with van der Waals surface area (Å²) in [5.74, 6) is 0. The molecule has 0 bridgehead atoms. The van der Waals surface area contributed by atoms with Gasteiger partial charge in [0.05, 0.1) is 17.3 Å². The first-order valence-electron chi connectivity index (χ1n) is 5.61. The number of aliphatic hydroxyl groups is 1. The molecule has 0 aliphatic rings. The van der Waals surface area contributed by atoms with Gasteiger partial charge in [-0.2, -0.15) is 0 Å². The molecule has 1 aromatic rings. The first-order valence-corrected chi connectivity index (χ1v) is 6.49. The van der Waals surface area contributed by atoms with E-state index < -0.39 is 0 Å². The lowest BCUT2D eigenvalue weighted by atomic mass is 10.2. The third kappa shape index (κ3) is 4.88. The Morgan fingerprint density at radius 1 is 1.56 bits per heavy atom. The number of aromatic nitrogens is 1. The van der Waals surface area contributed by atoms with Gasteiger partial charge in [0.15, 0.2) is 0 Å². The molecule has 1 N–H and O–H groups in total. The van der Waals surface area contributed by atoms with Gasteiger partial charge in [0.25, 0.3) is 0 Å². The van der Waals surface area contributed by atoms with Crippen molar-refractivity contribution in [3.8, 4) is 0 Å². The summed E-state index contributed by atoms with van der Waals surface area (Å²) in [7, 11) is 0. The Bertz CT molecular complexity index is 312. The topological polar surface area (TPSA) is 36.4 Å². The largest absolute Gasteiger partial charge is 0.395 e. The van der Waals surface area contributed by atoms with Crippen molar-refractivity contribution in [3.63, 3.8) is 0 Å². The first-order chi connectivity index (χ1) is 7.76. The lowest BCUT2D eigenvalue weighted by Gasteiger charge is -2.18. The Labute approximate surface area is 101 Å². The molecular weight excluding hydrogens is 220 g/mol. The molecule has 1 heterocycles. The molecule has 0 aliphatic carbocycles. The standard InChI is InChI=1S/C12H20N2OS/c1-3-6-14(8-9-15)7-4-5-12-10-16-11(2)13-12/h3,10,15H,1,4-9H2,2H3. The fourth-order valence-corrected chi connectivity index (χ4v) is 2.27. The van der Waals surface area contributed by atoms with E-state index in [0.717, 1.165) is 37.5 Å². The number of aliphatic hydroxyl groups excluding tert-OH is 1. The minimum atomic E-state index is 0.212. The molecule has 0 spiro atoms. The molecule has 3 nitrogen and oxygen atoms in total. The molecule has 0 aliphatic heterocycles. The SMILES string of the molecule is C=CCN(CCO)CCCc1csc(C)n1. The number of rotatable bonds is 8. The van der Waals surface area contributed by atoms with Crippen LogP contribution in [0, 0.1) is 6.92 Å². The van der Waals surface area contributed by atoms with Crippen molar-refractivity contribution in [2.75, 3.05) is 26.2 Å². The smallest absolute Gasteiger partial charge is 0.0897 e. The second-order valence-electron chi connectivity index (χ2n) is 3.77. The Kier molecular flexibility index (Phi) is 6.30. The van der Waals surface area contributed by atoms with Gasteiger partial charge in [0, 0.05) is 18.5 Å². The zero-order valence-corrected chi connectivity index (χ0v) is 10.7. The van der Waals surface area contributed by atoms with E-state index in [0.29, 0.717) is 0 Å². The minimum Gasteiger partial charge on any atom is -0.395 e. The van der Waals surface area contributed by atoms with Gasteiger partial charge in [0.2, 0.25) is 0 Å². The molecule has 1 aromatic heterocycles. The molecule has 0 fully saturated rings. The highest BCUT2D eigenvalue weighted by Gasteiger charge is 2.03. The van der Waals surface area contributed by atoms with Crippen LogP contribution in [-0.2, 0) is 6.42 Å². The van der Waals surface area contributed by atoms with E-state index in [1.54, 1.807) is 11.3 Å². The van der Waals surface area contributed by atoms with Crippen LogP contribution in [0.2, 0.25) is 0 Å². The van der Waals surface area contributed by atoms with Gasteiger partial charge in [0.1, 0.15) is 0 Å². The molecule has 0 saturated heterocycles. The van der Waals surface area contributed by atoms with Crippen molar-refractivity contribution in [1.29, 1.82) is 0 Å². The van der Waals surface area contributed by atoms with Crippen LogP contribution in [0.25, 0.3) is 0 Å². The summed E-state index contributed by atoms with van der Waals surface area (Å²) in [6.45, 7) is 8.52. The summed E-state index contributed by atoms with van der Waals surface area (Å²) >= 11 is 1.70. The van der Waals surface area contributed by atoms with Crippen molar-refractivity contribution in [2.24, 2.45) is 0 Å². The minimum absolute atomic E-state index is 0.212. The number of nitrogens with zero attached hydrogens (tertiary/aromatic N) is 2. The van der Waals surface area contributed by atoms with Crippen molar-refractivity contribution in [1.82, 2.24) is 9.88 Å². The molecule has 0 radical (unpaired) electrons. The highest BCUT2D eigenvalue weighted by molar-refractivity contribution is 7.09. The van der Waals surface area contributed by atoms with E-state index in [1.807, 2.05) is 13.0 Å². The third-order valence-corrected chi connectivity index (χ3v) is 3.20. The predicted molar refractivity (Wildman–Crippen MR) is 68.9 cm³/mol. The normalized spacial score (nSPS) is 10.9. The quantitative estimate of drug-likeness (QED) is 0.705. The van der Waals surface area contributed by atoms with Gasteiger partial charge < -0.3 is 5.11 Å². The fourth-order valence-electron chi connectivity index (χ4n) is 1.63. The summed E-state index contributed by atoms with van der Waals surface area (Å²) in [4.78, 5) is 6.63. The van der Waals surface area contributed by atoms with E-state index >= 15 is 0 Å². The van der Waals surface area contributed by atoms with Crippen molar-refractivity contribution < 1.29 is 5.11 Å². The maximum atomic E-state index is 8.90. The maximum absolute atomic E-state index is 8.90. The lowest BCUT2D eigenvalue weighted by molar-refractivity contribution is 0.207. The van der Waals surface area contributed by atoms with E-state index in [1.165, 1.54) is 5.69 Å². The summed E-state index contributed by atoms with van der Waals surface area (Å²) < 4.78 is 0. The molecule has 0 aromatic carbocycles. The molecule has 0 saturated carbocycles. The van der Waals surface area contributed by atoms with Gasteiger partial charge in [-0.3, -0.25) is 4.90 Å². The second kappa shape index (κ2) is 7.54. The lowest BCUT2D eigenvalue weighted by Crippen LogP contribution is -2.28. The number of aryl methyl sites for hydroxylation is 2. The number of hydrogen-bond acceptors (Lipinski definition) is 4. The summed E-state index contributed by atoms with van der Waals surface area (Å²) in [5, 5.41) is 12.2. The van der Waals surface area contributed by atoms with Crippen LogP contribution in [-0.4, -0.2) is 41.2 Å². The van der Waals surface area contributed by atoms with Crippen molar-refractivity contribution >= 4 is 11.3 Å². The van der Waals surface area contributed by atoms with Gasteiger partial charge in [-0.1, -0.05) is 6.08 Å². The highest BCUT2D eigenvalue weighted by atomic mass is 32.1. The van der Waals surface area contributed by atoms with Gasteiger partial charge in [-0.05, 0) is 26.3 Å². The maximum Gasteiger partial charge on any atom is 0.0897 e. The Hall–Kier alpha value is -0.710. The third-order valence-electron chi connectivity index (χ3n) is 2.38. The van der Waals surface area contributed by atoms with E-state index in [-0.39, 0.29) is 6.61 Å². The number of hydrogen-bond donors (Lipinski definition) is 1.